The van der Waals surface area contributed by atoms with E-state index < -0.39 is 21.7 Å². The number of carbonyl (C=O) groups is 1. The fraction of sp³-hybridized carbons (Fsp3) is 0.381. The van der Waals surface area contributed by atoms with Gasteiger partial charge in [-0.15, -0.1) is 0 Å². The van der Waals surface area contributed by atoms with Gasteiger partial charge in [0.05, 0.1) is 6.61 Å². The lowest BCUT2D eigenvalue weighted by atomic mass is 9.98. The number of amides is 1. The molecular formula is C21H27NO9P2. The van der Waals surface area contributed by atoms with E-state index in [0.717, 1.165) is 22.3 Å². The first-order valence-electron chi connectivity index (χ1n) is 10.5. The van der Waals surface area contributed by atoms with Crippen LogP contribution in [0.5, 0.6) is 0 Å². The minimum atomic E-state index is -5.10. The largest absolute Gasteiger partial charge is 0.481 e. The molecule has 0 saturated carbocycles. The van der Waals surface area contributed by atoms with E-state index in [1.807, 2.05) is 24.3 Å². The van der Waals surface area contributed by atoms with Gasteiger partial charge in [0.25, 0.3) is 0 Å². The molecule has 0 saturated heterocycles. The molecule has 0 spiro atoms. The fourth-order valence-electron chi connectivity index (χ4n) is 3.76. The smallest absolute Gasteiger partial charge is 0.449 e. The second-order valence-electron chi connectivity index (χ2n) is 7.54. The summed E-state index contributed by atoms with van der Waals surface area (Å²) in [6.45, 7) is 0.472. The molecule has 1 unspecified atom stereocenters. The summed E-state index contributed by atoms with van der Waals surface area (Å²) in [6.07, 6.45) is 1.90. The predicted molar refractivity (Wildman–Crippen MR) is 120 cm³/mol. The summed E-state index contributed by atoms with van der Waals surface area (Å²) in [4.78, 5) is 38.3. The average Bonchev–Trinajstić information content (AvgIpc) is 3.06. The van der Waals surface area contributed by atoms with Gasteiger partial charge in [0.15, 0.2) is 0 Å². The van der Waals surface area contributed by atoms with Gasteiger partial charge in [0.2, 0.25) is 0 Å². The van der Waals surface area contributed by atoms with E-state index in [2.05, 4.69) is 38.4 Å². The molecule has 4 N–H and O–H groups in total. The van der Waals surface area contributed by atoms with Gasteiger partial charge in [0, 0.05) is 12.5 Å². The van der Waals surface area contributed by atoms with E-state index in [-0.39, 0.29) is 19.1 Å². The second kappa shape index (κ2) is 11.4. The first kappa shape index (κ1) is 25.6. The van der Waals surface area contributed by atoms with Crippen molar-refractivity contribution in [1.82, 2.24) is 5.32 Å². The Hall–Kier alpha value is -2.03. The maximum atomic E-state index is 12.1. The van der Waals surface area contributed by atoms with Crippen LogP contribution < -0.4 is 5.32 Å². The van der Waals surface area contributed by atoms with Crippen molar-refractivity contribution in [2.24, 2.45) is 0 Å². The molecule has 0 bridgehead atoms. The van der Waals surface area contributed by atoms with Gasteiger partial charge in [-0.25, -0.2) is 13.9 Å². The molecule has 2 aromatic rings. The molecule has 10 nitrogen and oxygen atoms in total. The quantitative estimate of drug-likeness (QED) is 0.247. The lowest BCUT2D eigenvalue weighted by Crippen LogP contribution is -2.27. The number of alkyl carbamates (subject to hydrolysis) is 1. The highest BCUT2D eigenvalue weighted by Gasteiger charge is 2.32. The van der Waals surface area contributed by atoms with Crippen LogP contribution in [0.1, 0.15) is 42.7 Å². The molecule has 1 amide bonds. The van der Waals surface area contributed by atoms with Gasteiger partial charge in [0.1, 0.15) is 6.61 Å². The Balaban J connectivity index is 1.31. The Morgan fingerprint density at radius 3 is 2.06 bits per heavy atom. The zero-order valence-electron chi connectivity index (χ0n) is 17.8. The third-order valence-corrected chi connectivity index (χ3v) is 7.33. The van der Waals surface area contributed by atoms with Crippen LogP contribution in [0, 0.1) is 0 Å². The van der Waals surface area contributed by atoms with Gasteiger partial charge in [-0.2, -0.15) is 4.31 Å². The standard InChI is InChI=1S/C21H27NO9P2/c23-21(22-13-7-1-2-8-14-30-33(27,28)31-32(24,25)26)29-15-20-18-11-5-3-9-16(18)17-10-4-6-12-19(17)20/h3-6,9-12,20H,1-2,7-8,13-15H2,(H,22,23)(H,27,28)(H2,24,25,26). The van der Waals surface area contributed by atoms with Gasteiger partial charge >= 0.3 is 21.7 Å². The van der Waals surface area contributed by atoms with Gasteiger partial charge in [-0.05, 0) is 35.1 Å². The Morgan fingerprint density at radius 2 is 1.45 bits per heavy atom. The van der Waals surface area contributed by atoms with Gasteiger partial charge in [-0.1, -0.05) is 61.4 Å². The number of benzene rings is 2. The van der Waals surface area contributed by atoms with Crippen LogP contribution in [0.2, 0.25) is 0 Å². The normalized spacial score (nSPS) is 14.9. The van der Waals surface area contributed by atoms with Crippen molar-refractivity contribution in [1.29, 1.82) is 0 Å². The van der Waals surface area contributed by atoms with Crippen molar-refractivity contribution < 1.29 is 42.2 Å². The van der Waals surface area contributed by atoms with Crippen LogP contribution in [0.3, 0.4) is 0 Å². The summed E-state index contributed by atoms with van der Waals surface area (Å²) in [5, 5.41) is 2.71. The number of nitrogens with one attached hydrogen (secondary N) is 1. The molecule has 1 aliphatic rings. The second-order valence-corrected chi connectivity index (χ2v) is 10.4. The first-order valence-corrected chi connectivity index (χ1v) is 13.5. The molecule has 0 radical (unpaired) electrons. The topological polar surface area (TPSA) is 152 Å². The van der Waals surface area contributed by atoms with E-state index in [0.29, 0.717) is 32.2 Å². The summed E-state index contributed by atoms with van der Waals surface area (Å²) in [5.74, 6) is 0.000187. The summed E-state index contributed by atoms with van der Waals surface area (Å²) >= 11 is 0. The number of hydrogen-bond donors (Lipinski definition) is 4. The number of unbranched alkanes of at least 4 members (excludes halogenated alkanes) is 3. The maximum absolute atomic E-state index is 12.1. The molecule has 0 aromatic heterocycles. The van der Waals surface area contributed by atoms with Crippen LogP contribution in [0.25, 0.3) is 11.1 Å². The lowest BCUT2D eigenvalue weighted by Gasteiger charge is -2.14. The number of carbonyl (C=O) groups excluding carboxylic acids is 1. The van der Waals surface area contributed by atoms with Crippen LogP contribution in [-0.4, -0.2) is 40.5 Å². The molecule has 1 atom stereocenters. The number of ether oxygens (including phenoxy) is 1. The van der Waals surface area contributed by atoms with E-state index in [4.69, 9.17) is 19.4 Å². The molecule has 0 fully saturated rings. The van der Waals surface area contributed by atoms with E-state index in [1.54, 1.807) is 0 Å². The van der Waals surface area contributed by atoms with Crippen LogP contribution in [0.4, 0.5) is 4.79 Å². The molecule has 2 aromatic carbocycles. The SMILES string of the molecule is O=C(NCCCCCCOP(=O)(O)OP(=O)(O)O)OCC1c2ccccc2-c2ccccc21. The van der Waals surface area contributed by atoms with Crippen molar-refractivity contribution in [2.75, 3.05) is 19.8 Å². The molecular weight excluding hydrogens is 472 g/mol. The Morgan fingerprint density at radius 1 is 0.879 bits per heavy atom. The summed E-state index contributed by atoms with van der Waals surface area (Å²) in [6, 6.07) is 16.2. The predicted octanol–water partition coefficient (Wildman–Crippen LogP) is 4.31. The summed E-state index contributed by atoms with van der Waals surface area (Å²) in [5.41, 5.74) is 4.62. The number of fused-ring (bicyclic) bond motifs is 3. The van der Waals surface area contributed by atoms with Crippen LogP contribution >= 0.6 is 15.6 Å². The number of phosphoric ester groups is 1. The number of rotatable bonds is 12. The fourth-order valence-corrected chi connectivity index (χ4v) is 5.38. The summed E-state index contributed by atoms with van der Waals surface area (Å²) < 4.78 is 35.5. The number of hydrogen-bond acceptors (Lipinski definition) is 6. The highest BCUT2D eigenvalue weighted by Crippen LogP contribution is 2.57. The minimum absolute atomic E-state index is 0.000187. The van der Waals surface area contributed by atoms with E-state index in [9.17, 15) is 13.9 Å². The molecule has 0 aliphatic heterocycles. The molecule has 12 heteroatoms. The van der Waals surface area contributed by atoms with Crippen molar-refractivity contribution in [2.45, 2.75) is 31.6 Å². The molecule has 1 aliphatic carbocycles. The first-order chi connectivity index (χ1) is 15.7. The molecule has 3 rings (SSSR count). The van der Waals surface area contributed by atoms with Crippen molar-refractivity contribution >= 4 is 21.7 Å². The zero-order valence-corrected chi connectivity index (χ0v) is 19.6. The van der Waals surface area contributed by atoms with E-state index in [1.165, 1.54) is 0 Å². The van der Waals surface area contributed by atoms with Crippen LogP contribution in [0.15, 0.2) is 48.5 Å². The van der Waals surface area contributed by atoms with Gasteiger partial charge < -0.3 is 24.7 Å². The minimum Gasteiger partial charge on any atom is -0.449 e. The van der Waals surface area contributed by atoms with Crippen molar-refractivity contribution in [3.05, 3.63) is 59.7 Å². The van der Waals surface area contributed by atoms with Gasteiger partial charge in [-0.3, -0.25) is 4.52 Å². The van der Waals surface area contributed by atoms with Crippen LogP contribution in [-0.2, 0) is 22.7 Å². The average molecular weight is 499 g/mol. The highest BCUT2D eigenvalue weighted by atomic mass is 31.3. The highest BCUT2D eigenvalue weighted by molar-refractivity contribution is 7.60. The Labute approximate surface area is 191 Å². The third-order valence-electron chi connectivity index (χ3n) is 5.15. The number of phosphoric acid groups is 2. The van der Waals surface area contributed by atoms with E-state index >= 15 is 0 Å². The lowest BCUT2D eigenvalue weighted by molar-refractivity contribution is 0.142. The monoisotopic (exact) mass is 499 g/mol. The third kappa shape index (κ3) is 7.76. The Kier molecular flexibility index (Phi) is 8.84. The van der Waals surface area contributed by atoms with Crippen molar-refractivity contribution in [3.63, 3.8) is 0 Å². The Bertz CT molecular complexity index is 1010. The molecule has 33 heavy (non-hydrogen) atoms. The molecule has 180 valence electrons. The maximum Gasteiger partial charge on any atom is 0.481 e. The molecule has 0 heterocycles. The zero-order chi connectivity index (χ0) is 23.9. The summed E-state index contributed by atoms with van der Waals surface area (Å²) in [7, 11) is -9.89. The van der Waals surface area contributed by atoms with Crippen molar-refractivity contribution in [3.8, 4) is 11.1 Å².